The van der Waals surface area contributed by atoms with Gasteiger partial charge in [-0.15, -0.1) is 40.9 Å². The Morgan fingerprint density at radius 1 is 0.488 bits per heavy atom. The molecule has 1 heterocycles. The molecule has 0 bridgehead atoms. The van der Waals surface area contributed by atoms with Crippen LogP contribution in [0.15, 0.2) is 141 Å². The highest BCUT2D eigenvalue weighted by Crippen LogP contribution is 2.48. The van der Waals surface area contributed by atoms with Crippen molar-refractivity contribution in [3.05, 3.63) is 90.6 Å². The van der Waals surface area contributed by atoms with E-state index in [1.54, 1.807) is 0 Å². The van der Waals surface area contributed by atoms with Crippen LogP contribution in [-0.4, -0.2) is 157 Å². The number of benzene rings is 6. The zero-order chi connectivity index (χ0) is 61.1. The Kier molecular flexibility index (Phi) is 19.8. The first-order valence-corrected chi connectivity index (χ1v) is 27.9. The summed E-state index contributed by atoms with van der Waals surface area (Å²) in [4.78, 5) is 10.2. The predicted octanol–water partition coefficient (Wildman–Crippen LogP) is 7.04. The van der Waals surface area contributed by atoms with Crippen molar-refractivity contribution in [3.8, 4) is 51.8 Å². The average molecular weight is 1230 g/mol. The number of aromatic hydroxyl groups is 2. The molecule has 0 atom stereocenters. The van der Waals surface area contributed by atoms with Crippen LogP contribution >= 0.6 is 0 Å². The first-order chi connectivity index (χ1) is 39.9. The number of nitrogens with zero attached hydrogens (tertiary/aromatic N) is 10. The maximum absolute atomic E-state index is 13.1. The second kappa shape index (κ2) is 26.7. The van der Waals surface area contributed by atoms with Gasteiger partial charge in [0.05, 0.1) is 46.3 Å². The van der Waals surface area contributed by atoms with E-state index in [2.05, 4.69) is 46.0 Å². The molecular weight excluding hydrogens is 1180 g/mol. The van der Waals surface area contributed by atoms with E-state index >= 15 is 0 Å². The van der Waals surface area contributed by atoms with Crippen molar-refractivity contribution in [1.82, 2.24) is 9.78 Å². The van der Waals surface area contributed by atoms with Crippen LogP contribution < -0.4 is 28.4 Å². The van der Waals surface area contributed by atoms with Crippen LogP contribution in [0.2, 0.25) is 0 Å². The Morgan fingerprint density at radius 2 is 0.869 bits per heavy atom. The molecule has 0 fully saturated rings. The summed E-state index contributed by atoms with van der Waals surface area (Å²) in [5, 5.41) is 107. The molecule has 0 radical (unpaired) electrons. The molecule has 0 aliphatic carbocycles. The standard InChI is InChI=1S/C48H46N10O23S3/c1-76-25-6-8-29(40(18-25)82(67,68)69)49-51-31-21-38(80-16-12-61)33(23-36(31)78-14-10-59)53-55-43-42(84(73,74)75)20-28-27(46(43)63)4-3-5-35(28)58-47(64)44(45(57-58)48(65)66)56-54-34-24-37(79-15-11-60)32(22-39(34)81-17-13-62)52-50-30-9-7-26(77-2)19-41(30)83(70,71)72/h3-9,18-24,59-64H,10-17H2,1-2H3,(H,65,66)(H,67,68,69)(H,70,71,72)(H,73,74,75). The molecule has 0 spiro atoms. The van der Waals surface area contributed by atoms with Gasteiger partial charge >= 0.3 is 5.97 Å². The van der Waals surface area contributed by atoms with Crippen LogP contribution in [0.5, 0.6) is 46.1 Å². The molecule has 0 unspecified atom stereocenters. The number of phenolic OH excluding ortho intramolecular Hbond substituents is 1. The number of aromatic nitrogens is 2. The van der Waals surface area contributed by atoms with Crippen molar-refractivity contribution in [2.24, 2.45) is 40.9 Å². The first kappa shape index (κ1) is 62.2. The number of rotatable bonds is 27. The van der Waals surface area contributed by atoms with Crippen LogP contribution in [0.25, 0.3) is 16.5 Å². The number of carboxylic acid groups (broad SMARTS) is 1. The molecular formula is C48H46N10O23S3. The van der Waals surface area contributed by atoms with Crippen molar-refractivity contribution in [1.29, 1.82) is 0 Å². The van der Waals surface area contributed by atoms with E-state index in [0.717, 1.165) is 48.5 Å². The Bertz CT molecular complexity index is 4120. The zero-order valence-corrected chi connectivity index (χ0v) is 45.7. The summed E-state index contributed by atoms with van der Waals surface area (Å²) in [5.74, 6) is -4.74. The highest BCUT2D eigenvalue weighted by Gasteiger charge is 2.29. The van der Waals surface area contributed by atoms with E-state index in [9.17, 15) is 79.5 Å². The number of ether oxygens (including phenoxy) is 6. The molecule has 0 saturated heterocycles. The second-order valence-electron chi connectivity index (χ2n) is 16.4. The number of azo groups is 4. The summed E-state index contributed by atoms with van der Waals surface area (Å²) in [5.41, 5.74) is -4.85. The van der Waals surface area contributed by atoms with Gasteiger partial charge in [0.2, 0.25) is 11.6 Å². The van der Waals surface area contributed by atoms with Gasteiger partial charge in [-0.25, -0.2) is 4.79 Å². The third kappa shape index (κ3) is 14.4. The number of hydrogen-bond acceptors (Lipinski definition) is 28. The molecule has 1 aromatic heterocycles. The lowest BCUT2D eigenvalue weighted by Crippen LogP contribution is -2.04. The lowest BCUT2D eigenvalue weighted by Gasteiger charge is -2.14. The van der Waals surface area contributed by atoms with Gasteiger partial charge in [0.1, 0.15) is 115 Å². The number of hydrogen-bond donors (Lipinski definition) is 10. The quantitative estimate of drug-likeness (QED) is 0.0182. The molecule has 84 heavy (non-hydrogen) atoms. The fraction of sp³-hybridized carbons (Fsp3) is 0.208. The van der Waals surface area contributed by atoms with E-state index in [4.69, 9.17) is 28.4 Å². The number of aromatic carboxylic acids is 1. The minimum Gasteiger partial charge on any atom is -0.505 e. The van der Waals surface area contributed by atoms with Gasteiger partial charge in [-0.05, 0) is 36.4 Å². The maximum atomic E-state index is 13.1. The second-order valence-corrected chi connectivity index (χ2v) is 20.6. The number of carbonyl (C=O) groups is 1. The highest BCUT2D eigenvalue weighted by molar-refractivity contribution is 7.86. The molecule has 7 rings (SSSR count). The van der Waals surface area contributed by atoms with Crippen molar-refractivity contribution < 1.29 is 108 Å². The number of aliphatic hydroxyl groups excluding tert-OH is 4. The maximum Gasteiger partial charge on any atom is 0.358 e. The molecule has 7 aromatic rings. The summed E-state index contributed by atoms with van der Waals surface area (Å²) >= 11 is 0. The fourth-order valence-electron chi connectivity index (χ4n) is 7.36. The summed E-state index contributed by atoms with van der Waals surface area (Å²) in [6, 6.07) is 15.8. The van der Waals surface area contributed by atoms with Gasteiger partial charge in [-0.1, -0.05) is 12.1 Å². The largest absolute Gasteiger partial charge is 0.505 e. The summed E-state index contributed by atoms with van der Waals surface area (Å²) in [6.07, 6.45) is 0. The number of phenols is 1. The highest BCUT2D eigenvalue weighted by atomic mass is 32.2. The Morgan fingerprint density at radius 3 is 1.24 bits per heavy atom. The fourth-order valence-corrected chi connectivity index (χ4v) is 9.28. The molecule has 0 aliphatic rings. The summed E-state index contributed by atoms with van der Waals surface area (Å²) in [7, 11) is -12.7. The Balaban J connectivity index is 1.32. The molecule has 6 aromatic carbocycles. The number of methoxy groups -OCH3 is 2. The van der Waals surface area contributed by atoms with Crippen LogP contribution in [0, 0.1) is 0 Å². The Hall–Kier alpha value is -9.37. The van der Waals surface area contributed by atoms with E-state index < -0.39 is 119 Å². The van der Waals surface area contributed by atoms with Crippen LogP contribution in [-0.2, 0) is 30.4 Å². The van der Waals surface area contributed by atoms with E-state index in [1.807, 2.05) is 0 Å². The predicted molar refractivity (Wildman–Crippen MR) is 287 cm³/mol. The minimum atomic E-state index is -5.42. The molecule has 10 N–H and O–H groups in total. The van der Waals surface area contributed by atoms with Gasteiger partial charge < -0.3 is 64.2 Å². The monoisotopic (exact) mass is 1230 g/mol. The van der Waals surface area contributed by atoms with E-state index in [1.165, 1.54) is 50.6 Å². The molecule has 33 nitrogen and oxygen atoms in total. The molecule has 444 valence electrons. The molecule has 0 aliphatic heterocycles. The third-order valence-electron chi connectivity index (χ3n) is 11.0. The number of aliphatic hydroxyl groups is 4. The van der Waals surface area contributed by atoms with Gasteiger partial charge in [-0.2, -0.15) is 35.0 Å². The molecule has 0 saturated carbocycles. The smallest absolute Gasteiger partial charge is 0.358 e. The van der Waals surface area contributed by atoms with Gasteiger partial charge in [-0.3, -0.25) is 13.7 Å². The topological polar surface area (TPSA) is 494 Å². The Labute approximate surface area is 473 Å². The molecule has 0 amide bonds. The zero-order valence-electron chi connectivity index (χ0n) is 43.2. The van der Waals surface area contributed by atoms with Gasteiger partial charge in [0.15, 0.2) is 11.4 Å². The van der Waals surface area contributed by atoms with Crippen LogP contribution in [0.1, 0.15) is 10.5 Å². The third-order valence-corrected chi connectivity index (χ3v) is 13.7. The summed E-state index contributed by atoms with van der Waals surface area (Å²) < 4.78 is 138. The minimum absolute atomic E-state index is 0.0456. The molecule has 36 heteroatoms. The lowest BCUT2D eigenvalue weighted by molar-refractivity contribution is 0.0690. The van der Waals surface area contributed by atoms with Crippen molar-refractivity contribution in [3.63, 3.8) is 0 Å². The average Bonchev–Trinajstić information content (AvgIpc) is 1.85. The first-order valence-electron chi connectivity index (χ1n) is 23.6. The van der Waals surface area contributed by atoms with E-state index in [0.29, 0.717) is 4.68 Å². The van der Waals surface area contributed by atoms with Crippen molar-refractivity contribution in [2.75, 3.05) is 67.1 Å². The van der Waals surface area contributed by atoms with Gasteiger partial charge in [0, 0.05) is 47.2 Å². The SMILES string of the molecule is COc1ccc(N=Nc2cc(OCCO)c(N=Nc3c(S(=O)(=O)O)cc4c(-n5nc(C(=O)O)c(N=Nc6cc(OCCO)c(N=Nc7ccc(OC)cc7S(=O)(=O)O)cc6OCCO)c5O)cccc4c3O)cc2OCCO)c(S(=O)(=O)O)c1. The van der Waals surface area contributed by atoms with Crippen molar-refractivity contribution >= 4 is 92.6 Å². The van der Waals surface area contributed by atoms with Crippen molar-refractivity contribution in [2.45, 2.75) is 14.7 Å². The van der Waals surface area contributed by atoms with Crippen LogP contribution in [0.4, 0.5) is 45.5 Å². The van der Waals surface area contributed by atoms with E-state index in [-0.39, 0.29) is 98.3 Å². The normalized spacial score (nSPS) is 12.3. The lowest BCUT2D eigenvalue weighted by atomic mass is 10.1. The van der Waals surface area contributed by atoms with Gasteiger partial charge in [0.25, 0.3) is 30.4 Å². The number of carboxylic acids is 1. The van der Waals surface area contributed by atoms with Crippen LogP contribution in [0.3, 0.4) is 0 Å². The summed E-state index contributed by atoms with van der Waals surface area (Å²) in [6.45, 7) is -3.79. The number of fused-ring (bicyclic) bond motifs is 1.